The normalized spacial score (nSPS) is 24.1. The van der Waals surface area contributed by atoms with Gasteiger partial charge in [-0.05, 0) is 37.9 Å². The molecule has 140 valence electrons. The fraction of sp³-hybridized carbons (Fsp3) is 0.571. The van der Waals surface area contributed by atoms with Gasteiger partial charge in [0.25, 0.3) is 0 Å². The van der Waals surface area contributed by atoms with Gasteiger partial charge in [-0.2, -0.15) is 0 Å². The molecule has 3 heterocycles. The third kappa shape index (κ3) is 3.43. The molecule has 1 unspecified atom stereocenters. The van der Waals surface area contributed by atoms with Crippen LogP contribution in [-0.2, 0) is 6.54 Å². The summed E-state index contributed by atoms with van der Waals surface area (Å²) < 4.78 is 0. The molecule has 5 heteroatoms. The highest BCUT2D eigenvalue weighted by molar-refractivity contribution is 5.81. The lowest BCUT2D eigenvalue weighted by Crippen LogP contribution is -2.55. The van der Waals surface area contributed by atoms with Gasteiger partial charge in [-0.1, -0.05) is 18.2 Å². The molecule has 1 aromatic carbocycles. The fourth-order valence-corrected chi connectivity index (χ4v) is 4.64. The summed E-state index contributed by atoms with van der Waals surface area (Å²) in [7, 11) is 4.14. The lowest BCUT2D eigenvalue weighted by atomic mass is 10.0. The zero-order valence-electron chi connectivity index (χ0n) is 15.9. The minimum atomic E-state index is 0.260. The number of anilines is 1. The fourth-order valence-electron chi connectivity index (χ4n) is 4.64. The van der Waals surface area contributed by atoms with Crippen molar-refractivity contribution < 1.29 is 5.11 Å². The highest BCUT2D eigenvalue weighted by atomic mass is 16.3. The lowest BCUT2D eigenvalue weighted by Gasteiger charge is -2.44. The number of rotatable bonds is 5. The Hall–Kier alpha value is -1.69. The quantitative estimate of drug-likeness (QED) is 0.893. The number of para-hydroxylation sites is 1. The number of nitrogens with zero attached hydrogens (tertiary/aromatic N) is 4. The van der Waals surface area contributed by atoms with E-state index in [-0.39, 0.29) is 6.61 Å². The van der Waals surface area contributed by atoms with Gasteiger partial charge in [0, 0.05) is 63.4 Å². The van der Waals surface area contributed by atoms with Crippen LogP contribution < -0.4 is 4.90 Å². The average Bonchev–Trinajstić information content (AvgIpc) is 3.08. The summed E-state index contributed by atoms with van der Waals surface area (Å²) in [5, 5.41) is 10.8. The van der Waals surface area contributed by atoms with E-state index < -0.39 is 0 Å². The van der Waals surface area contributed by atoms with Gasteiger partial charge in [-0.15, -0.1) is 0 Å². The molecule has 2 atom stereocenters. The second-order valence-electron chi connectivity index (χ2n) is 7.94. The van der Waals surface area contributed by atoms with Crippen molar-refractivity contribution in [2.75, 3.05) is 45.2 Å². The molecule has 0 radical (unpaired) electrons. The van der Waals surface area contributed by atoms with Gasteiger partial charge in [-0.3, -0.25) is 9.80 Å². The van der Waals surface area contributed by atoms with E-state index >= 15 is 0 Å². The van der Waals surface area contributed by atoms with Gasteiger partial charge >= 0.3 is 0 Å². The van der Waals surface area contributed by atoms with Crippen LogP contribution in [0.25, 0.3) is 10.9 Å². The van der Waals surface area contributed by atoms with E-state index in [4.69, 9.17) is 4.98 Å². The summed E-state index contributed by atoms with van der Waals surface area (Å²) in [6, 6.07) is 11.8. The summed E-state index contributed by atoms with van der Waals surface area (Å²) in [4.78, 5) is 12.2. The second-order valence-corrected chi connectivity index (χ2v) is 7.94. The molecule has 0 spiro atoms. The van der Waals surface area contributed by atoms with Crippen molar-refractivity contribution in [2.24, 2.45) is 0 Å². The molecule has 2 aromatic rings. The van der Waals surface area contributed by atoms with Gasteiger partial charge < -0.3 is 10.0 Å². The molecule has 0 bridgehead atoms. The van der Waals surface area contributed by atoms with Crippen molar-refractivity contribution in [1.29, 1.82) is 0 Å². The molecule has 0 aliphatic carbocycles. The predicted octanol–water partition coefficient (Wildman–Crippen LogP) is 2.33. The Kier molecular flexibility index (Phi) is 5.11. The summed E-state index contributed by atoms with van der Waals surface area (Å²) in [5.74, 6) is 1.06. The van der Waals surface area contributed by atoms with Crippen LogP contribution >= 0.6 is 0 Å². The lowest BCUT2D eigenvalue weighted by molar-refractivity contribution is 0.0334. The summed E-state index contributed by atoms with van der Waals surface area (Å²) in [5.41, 5.74) is 2.33. The molecular weight excluding hydrogens is 324 g/mol. The van der Waals surface area contributed by atoms with E-state index in [0.29, 0.717) is 12.1 Å². The third-order valence-electron chi connectivity index (χ3n) is 5.95. The largest absolute Gasteiger partial charge is 0.396 e. The van der Waals surface area contributed by atoms with Crippen molar-refractivity contribution in [3.05, 3.63) is 35.9 Å². The van der Waals surface area contributed by atoms with Crippen LogP contribution in [0.3, 0.4) is 0 Å². The zero-order valence-corrected chi connectivity index (χ0v) is 15.9. The van der Waals surface area contributed by atoms with Crippen LogP contribution in [0, 0.1) is 0 Å². The van der Waals surface area contributed by atoms with Crippen LogP contribution in [0.2, 0.25) is 0 Å². The third-order valence-corrected chi connectivity index (χ3v) is 5.95. The molecule has 0 amide bonds. The highest BCUT2D eigenvalue weighted by Gasteiger charge is 2.36. The molecule has 0 saturated carbocycles. The first-order valence-electron chi connectivity index (χ1n) is 9.80. The van der Waals surface area contributed by atoms with Gasteiger partial charge in [0.1, 0.15) is 5.82 Å². The van der Waals surface area contributed by atoms with E-state index in [0.717, 1.165) is 37.4 Å². The molecule has 4 rings (SSSR count). The number of benzene rings is 1. The molecule has 1 N–H and O–H groups in total. The summed E-state index contributed by atoms with van der Waals surface area (Å²) >= 11 is 0. The molecule has 2 aliphatic rings. The SMILES string of the molecule is CN(C)c1nc2ccccc2cc1CN1CC2CCCN2C[C@@H]1CCO. The maximum Gasteiger partial charge on any atom is 0.133 e. The Balaban J connectivity index is 1.64. The van der Waals surface area contributed by atoms with Gasteiger partial charge in [0.15, 0.2) is 0 Å². The molecule has 26 heavy (non-hydrogen) atoms. The highest BCUT2D eigenvalue weighted by Crippen LogP contribution is 2.30. The van der Waals surface area contributed by atoms with Crippen LogP contribution in [0.5, 0.6) is 0 Å². The molecule has 2 aliphatic heterocycles. The van der Waals surface area contributed by atoms with Crippen molar-refractivity contribution in [1.82, 2.24) is 14.8 Å². The topological polar surface area (TPSA) is 42.8 Å². The minimum absolute atomic E-state index is 0.260. The van der Waals surface area contributed by atoms with Crippen LogP contribution in [0.1, 0.15) is 24.8 Å². The number of pyridine rings is 1. The maximum atomic E-state index is 9.56. The van der Waals surface area contributed by atoms with Crippen LogP contribution in [0.15, 0.2) is 30.3 Å². The second kappa shape index (κ2) is 7.51. The van der Waals surface area contributed by atoms with Crippen molar-refractivity contribution in [2.45, 2.75) is 37.9 Å². The number of aromatic nitrogens is 1. The molecule has 2 fully saturated rings. The van der Waals surface area contributed by atoms with Gasteiger partial charge in [0.2, 0.25) is 0 Å². The molecule has 2 saturated heterocycles. The number of piperazine rings is 1. The Morgan fingerprint density at radius 1 is 1.23 bits per heavy atom. The van der Waals surface area contributed by atoms with Crippen molar-refractivity contribution in [3.8, 4) is 0 Å². The standard InChI is InChI=1S/C21H30N4O/c1-23(2)21-17(12-16-6-3-4-8-20(16)22-21)13-25-15-18-7-5-10-24(18)14-19(25)9-11-26/h3-4,6,8,12,18-19,26H,5,7,9-11,13-15H2,1-2H3/t18?,19-/m0/s1. The number of aliphatic hydroxyl groups excluding tert-OH is 1. The predicted molar refractivity (Wildman–Crippen MR) is 107 cm³/mol. The van der Waals surface area contributed by atoms with Gasteiger partial charge in [-0.25, -0.2) is 4.98 Å². The van der Waals surface area contributed by atoms with E-state index in [1.165, 1.54) is 30.3 Å². The smallest absolute Gasteiger partial charge is 0.133 e. The Bertz CT molecular complexity index is 763. The minimum Gasteiger partial charge on any atom is -0.396 e. The number of aliphatic hydroxyl groups is 1. The monoisotopic (exact) mass is 354 g/mol. The summed E-state index contributed by atoms with van der Waals surface area (Å²) in [6.45, 7) is 4.57. The van der Waals surface area contributed by atoms with E-state index in [9.17, 15) is 5.11 Å². The molecule has 1 aromatic heterocycles. The number of fused-ring (bicyclic) bond motifs is 2. The maximum absolute atomic E-state index is 9.56. The van der Waals surface area contributed by atoms with E-state index in [1.807, 2.05) is 6.07 Å². The molecule has 5 nitrogen and oxygen atoms in total. The molecular formula is C21H30N4O. The van der Waals surface area contributed by atoms with Crippen molar-refractivity contribution >= 4 is 16.7 Å². The summed E-state index contributed by atoms with van der Waals surface area (Å²) in [6.07, 6.45) is 3.46. The average molecular weight is 354 g/mol. The van der Waals surface area contributed by atoms with Crippen molar-refractivity contribution in [3.63, 3.8) is 0 Å². The van der Waals surface area contributed by atoms with Crippen LogP contribution in [-0.4, -0.2) is 72.3 Å². The Labute approximate surface area is 156 Å². The first kappa shape index (κ1) is 17.7. The first-order valence-corrected chi connectivity index (χ1v) is 9.80. The van der Waals surface area contributed by atoms with E-state index in [2.05, 4.69) is 53.1 Å². The zero-order chi connectivity index (χ0) is 18.1. The number of hydrogen-bond acceptors (Lipinski definition) is 5. The Morgan fingerprint density at radius 2 is 2.08 bits per heavy atom. The number of hydrogen-bond donors (Lipinski definition) is 1. The first-order chi connectivity index (χ1) is 12.7. The van der Waals surface area contributed by atoms with Gasteiger partial charge in [0.05, 0.1) is 5.52 Å². The van der Waals surface area contributed by atoms with E-state index in [1.54, 1.807) is 0 Å². The van der Waals surface area contributed by atoms with Crippen LogP contribution in [0.4, 0.5) is 5.82 Å². The Morgan fingerprint density at radius 3 is 2.88 bits per heavy atom.